The second kappa shape index (κ2) is 15.5. The first-order chi connectivity index (χ1) is 19.6. The Balaban J connectivity index is 0.968. The molecule has 0 bridgehead atoms. The molecule has 3 aromatic rings. The van der Waals surface area contributed by atoms with Gasteiger partial charge in [-0.3, -0.25) is 4.79 Å². The van der Waals surface area contributed by atoms with E-state index < -0.39 is 17.8 Å². The molecular formula is C31H33NO8. The monoisotopic (exact) mass is 547 g/mol. The van der Waals surface area contributed by atoms with Gasteiger partial charge in [0.15, 0.2) is 0 Å². The quantitative estimate of drug-likeness (QED) is 0.124. The minimum Gasteiger partial charge on any atom is -0.457 e. The number of amides is 1. The van der Waals surface area contributed by atoms with Crippen LogP contribution in [-0.4, -0.2) is 77.2 Å². The van der Waals surface area contributed by atoms with Crippen LogP contribution in [0.4, 0.5) is 4.79 Å². The molecule has 1 N–H and O–H groups in total. The van der Waals surface area contributed by atoms with E-state index in [1.54, 1.807) is 30.3 Å². The Labute approximate surface area is 233 Å². The molecule has 0 aromatic heterocycles. The van der Waals surface area contributed by atoms with Crippen molar-refractivity contribution >= 4 is 17.8 Å². The van der Waals surface area contributed by atoms with Gasteiger partial charge in [-0.2, -0.15) is 0 Å². The predicted octanol–water partition coefficient (Wildman–Crippen LogP) is 4.00. The molecule has 0 atom stereocenters. The SMILES string of the molecule is O=C(NCCOCCOCCOCCOC(=O)C(=O)c1ccccc1)OCC1c2ccccc2-c2ccccc21. The number of benzene rings is 3. The Morgan fingerprint density at radius 3 is 1.75 bits per heavy atom. The average Bonchev–Trinajstić information content (AvgIpc) is 3.32. The maximum atomic E-state index is 12.2. The second-order valence-corrected chi connectivity index (χ2v) is 8.92. The van der Waals surface area contributed by atoms with E-state index in [1.807, 2.05) is 24.3 Å². The highest BCUT2D eigenvalue weighted by molar-refractivity contribution is 6.40. The van der Waals surface area contributed by atoms with Gasteiger partial charge in [0, 0.05) is 18.0 Å². The Kier molecular flexibility index (Phi) is 11.2. The molecule has 0 unspecified atom stereocenters. The third-order valence-corrected chi connectivity index (χ3v) is 6.29. The number of nitrogens with one attached hydrogen (secondary N) is 1. The van der Waals surface area contributed by atoms with Crippen LogP contribution in [-0.2, 0) is 28.5 Å². The smallest absolute Gasteiger partial charge is 0.407 e. The fourth-order valence-electron chi connectivity index (χ4n) is 4.38. The van der Waals surface area contributed by atoms with Gasteiger partial charge in [0.25, 0.3) is 5.78 Å². The van der Waals surface area contributed by atoms with Crippen molar-refractivity contribution in [3.63, 3.8) is 0 Å². The van der Waals surface area contributed by atoms with E-state index in [4.69, 9.17) is 23.7 Å². The third-order valence-electron chi connectivity index (χ3n) is 6.29. The van der Waals surface area contributed by atoms with Crippen molar-refractivity contribution in [3.05, 3.63) is 95.6 Å². The first-order valence-electron chi connectivity index (χ1n) is 13.2. The molecule has 0 spiro atoms. The molecule has 0 saturated heterocycles. The number of esters is 1. The summed E-state index contributed by atoms with van der Waals surface area (Å²) in [6, 6.07) is 24.6. The molecule has 1 aliphatic rings. The Hall–Kier alpha value is -4.05. The standard InChI is InChI=1S/C31H33NO8/c33-29(23-8-2-1-3-9-23)30(34)39-21-20-38-19-18-37-17-16-36-15-14-32-31(35)40-22-28-26-12-6-4-10-24(26)25-11-5-7-13-27(25)28/h1-13,28H,14-22H2,(H,32,35). The summed E-state index contributed by atoms with van der Waals surface area (Å²) in [5.74, 6) is -1.57. The largest absolute Gasteiger partial charge is 0.457 e. The van der Waals surface area contributed by atoms with Gasteiger partial charge in [0.1, 0.15) is 13.2 Å². The number of hydrogen-bond acceptors (Lipinski definition) is 8. The van der Waals surface area contributed by atoms with Crippen molar-refractivity contribution in [2.24, 2.45) is 0 Å². The van der Waals surface area contributed by atoms with Crippen molar-refractivity contribution in [1.29, 1.82) is 0 Å². The molecule has 0 radical (unpaired) electrons. The molecular weight excluding hydrogens is 514 g/mol. The van der Waals surface area contributed by atoms with Crippen molar-refractivity contribution in [2.75, 3.05) is 59.4 Å². The number of alkyl carbamates (subject to hydrolysis) is 1. The van der Waals surface area contributed by atoms with E-state index in [0.717, 1.165) is 0 Å². The lowest BCUT2D eigenvalue weighted by atomic mass is 9.98. The number of hydrogen-bond donors (Lipinski definition) is 1. The van der Waals surface area contributed by atoms with E-state index in [-0.39, 0.29) is 31.3 Å². The molecule has 1 amide bonds. The molecule has 0 aliphatic heterocycles. The number of carbonyl (C=O) groups excluding carboxylic acids is 3. The van der Waals surface area contributed by atoms with E-state index in [2.05, 4.69) is 29.6 Å². The Morgan fingerprint density at radius 1 is 0.600 bits per heavy atom. The molecule has 4 rings (SSSR count). The van der Waals surface area contributed by atoms with Crippen molar-refractivity contribution in [1.82, 2.24) is 5.32 Å². The second-order valence-electron chi connectivity index (χ2n) is 8.92. The highest BCUT2D eigenvalue weighted by atomic mass is 16.6. The zero-order valence-electron chi connectivity index (χ0n) is 22.2. The zero-order valence-corrected chi connectivity index (χ0v) is 22.2. The molecule has 9 heteroatoms. The number of fused-ring (bicyclic) bond motifs is 3. The summed E-state index contributed by atoms with van der Waals surface area (Å²) in [5, 5.41) is 2.71. The number of ether oxygens (including phenoxy) is 5. The highest BCUT2D eigenvalue weighted by Gasteiger charge is 2.28. The summed E-state index contributed by atoms with van der Waals surface area (Å²) in [6.45, 7) is 2.46. The Bertz CT molecular complexity index is 1220. The highest BCUT2D eigenvalue weighted by Crippen LogP contribution is 2.44. The minimum absolute atomic E-state index is 0.0167. The van der Waals surface area contributed by atoms with Crippen LogP contribution in [0.3, 0.4) is 0 Å². The van der Waals surface area contributed by atoms with Crippen molar-refractivity contribution < 1.29 is 38.1 Å². The van der Waals surface area contributed by atoms with Gasteiger partial charge in [-0.05, 0) is 22.3 Å². The van der Waals surface area contributed by atoms with Crippen LogP contribution in [0.15, 0.2) is 78.9 Å². The molecule has 40 heavy (non-hydrogen) atoms. The zero-order chi connectivity index (χ0) is 28.0. The Morgan fingerprint density at radius 2 is 1.12 bits per heavy atom. The van der Waals surface area contributed by atoms with Crippen LogP contribution in [0.2, 0.25) is 0 Å². The van der Waals surface area contributed by atoms with Gasteiger partial charge in [-0.1, -0.05) is 78.9 Å². The summed E-state index contributed by atoms with van der Waals surface area (Å²) in [4.78, 5) is 35.8. The lowest BCUT2D eigenvalue weighted by molar-refractivity contribution is -0.139. The molecule has 3 aromatic carbocycles. The normalized spacial score (nSPS) is 11.9. The van der Waals surface area contributed by atoms with Crippen molar-refractivity contribution in [2.45, 2.75) is 5.92 Å². The van der Waals surface area contributed by atoms with Crippen LogP contribution in [0.1, 0.15) is 27.4 Å². The average molecular weight is 548 g/mol. The van der Waals surface area contributed by atoms with Crippen LogP contribution in [0.5, 0.6) is 0 Å². The summed E-state index contributed by atoms with van der Waals surface area (Å²) < 4.78 is 26.6. The number of rotatable bonds is 16. The lowest BCUT2D eigenvalue weighted by Gasteiger charge is -2.14. The summed E-state index contributed by atoms with van der Waals surface area (Å²) in [5.41, 5.74) is 5.00. The maximum absolute atomic E-state index is 12.2. The molecule has 9 nitrogen and oxygen atoms in total. The van der Waals surface area contributed by atoms with Gasteiger partial charge in [-0.15, -0.1) is 0 Å². The summed E-state index contributed by atoms with van der Waals surface area (Å²) >= 11 is 0. The maximum Gasteiger partial charge on any atom is 0.407 e. The first kappa shape index (κ1) is 28.9. The van der Waals surface area contributed by atoms with Crippen LogP contribution in [0, 0.1) is 0 Å². The van der Waals surface area contributed by atoms with E-state index in [1.165, 1.54) is 22.3 Å². The molecule has 1 aliphatic carbocycles. The lowest BCUT2D eigenvalue weighted by Crippen LogP contribution is -2.29. The first-order valence-corrected chi connectivity index (χ1v) is 13.2. The van der Waals surface area contributed by atoms with Gasteiger partial charge in [-0.25, -0.2) is 9.59 Å². The van der Waals surface area contributed by atoms with E-state index >= 15 is 0 Å². The molecule has 0 fully saturated rings. The van der Waals surface area contributed by atoms with E-state index in [9.17, 15) is 14.4 Å². The van der Waals surface area contributed by atoms with Gasteiger partial charge in [0.2, 0.25) is 0 Å². The van der Waals surface area contributed by atoms with Gasteiger partial charge in [0.05, 0.1) is 39.6 Å². The topological polar surface area (TPSA) is 109 Å². The van der Waals surface area contributed by atoms with Crippen molar-refractivity contribution in [3.8, 4) is 11.1 Å². The predicted molar refractivity (Wildman–Crippen MR) is 147 cm³/mol. The third kappa shape index (κ3) is 8.22. The van der Waals surface area contributed by atoms with Crippen LogP contribution >= 0.6 is 0 Å². The number of ketones is 1. The summed E-state index contributed by atoms with van der Waals surface area (Å²) in [7, 11) is 0. The van der Waals surface area contributed by atoms with Gasteiger partial charge >= 0.3 is 12.1 Å². The van der Waals surface area contributed by atoms with E-state index in [0.29, 0.717) is 39.6 Å². The fraction of sp³-hybridized carbons (Fsp3) is 0.323. The minimum atomic E-state index is -0.906. The summed E-state index contributed by atoms with van der Waals surface area (Å²) in [6.07, 6.45) is -0.478. The van der Waals surface area contributed by atoms with Crippen LogP contribution < -0.4 is 5.32 Å². The van der Waals surface area contributed by atoms with Crippen LogP contribution in [0.25, 0.3) is 11.1 Å². The molecule has 0 saturated carbocycles. The molecule has 210 valence electrons. The van der Waals surface area contributed by atoms with Gasteiger partial charge < -0.3 is 29.0 Å². The number of Topliss-reactive ketones (excluding diaryl/α,β-unsaturated/α-hetero) is 1. The molecule has 0 heterocycles. The number of carbonyl (C=O) groups is 3. The fourth-order valence-corrected chi connectivity index (χ4v) is 4.38.